The third-order valence-electron chi connectivity index (χ3n) is 3.18. The number of benzene rings is 2. The fourth-order valence-electron chi connectivity index (χ4n) is 2.04. The molecule has 0 aliphatic rings. The van der Waals surface area contributed by atoms with Gasteiger partial charge in [0.05, 0.1) is 11.3 Å². The van der Waals surface area contributed by atoms with E-state index in [0.29, 0.717) is 27.0 Å². The Bertz CT molecular complexity index is 864. The van der Waals surface area contributed by atoms with Gasteiger partial charge in [-0.05, 0) is 36.4 Å². The van der Waals surface area contributed by atoms with Gasteiger partial charge >= 0.3 is 0 Å². The number of aromatic nitrogens is 1. The van der Waals surface area contributed by atoms with Crippen LogP contribution in [0.15, 0.2) is 60.1 Å². The zero-order chi connectivity index (χ0) is 16.9. The topological polar surface area (TPSA) is 71.1 Å². The summed E-state index contributed by atoms with van der Waals surface area (Å²) in [5, 5.41) is 8.26. The first kappa shape index (κ1) is 16.2. The molecule has 0 radical (unpaired) electrons. The summed E-state index contributed by atoms with van der Waals surface area (Å²) < 4.78 is 0. The number of carbonyl (C=O) groups excluding carboxylic acids is 2. The van der Waals surface area contributed by atoms with E-state index in [9.17, 15) is 9.59 Å². The molecule has 0 bridgehead atoms. The molecule has 7 heteroatoms. The van der Waals surface area contributed by atoms with Crippen LogP contribution in [0.4, 0.5) is 10.8 Å². The number of rotatable bonds is 4. The van der Waals surface area contributed by atoms with Gasteiger partial charge in [-0.3, -0.25) is 14.9 Å². The maximum Gasteiger partial charge on any atom is 0.259 e. The fourth-order valence-corrected chi connectivity index (χ4v) is 2.69. The SMILES string of the molecule is O=C(Nc1ccccc1C(=O)Nc1nccs1)c1ccc(Cl)cc1. The second-order valence-corrected chi connectivity index (χ2v) is 6.13. The summed E-state index contributed by atoms with van der Waals surface area (Å²) in [6, 6.07) is 13.3. The molecule has 2 amide bonds. The molecule has 1 heterocycles. The van der Waals surface area contributed by atoms with Crippen molar-refractivity contribution in [3.8, 4) is 0 Å². The Balaban J connectivity index is 1.80. The fraction of sp³-hybridized carbons (Fsp3) is 0. The highest BCUT2D eigenvalue weighted by Gasteiger charge is 2.15. The molecule has 0 aliphatic heterocycles. The number of hydrogen-bond donors (Lipinski definition) is 2. The molecule has 3 rings (SSSR count). The normalized spacial score (nSPS) is 10.2. The van der Waals surface area contributed by atoms with Gasteiger partial charge in [-0.2, -0.15) is 0 Å². The standard InChI is InChI=1S/C17H12ClN3O2S/c18-12-7-5-11(6-8-12)15(22)20-14-4-2-1-3-13(14)16(23)21-17-19-9-10-24-17/h1-10H,(H,20,22)(H,19,21,23). The van der Waals surface area contributed by atoms with Crippen molar-refractivity contribution in [2.45, 2.75) is 0 Å². The van der Waals surface area contributed by atoms with Gasteiger partial charge in [0, 0.05) is 22.2 Å². The zero-order valence-corrected chi connectivity index (χ0v) is 13.9. The van der Waals surface area contributed by atoms with E-state index in [1.54, 1.807) is 60.1 Å². The molecule has 0 fully saturated rings. The first-order valence-corrected chi connectivity index (χ1v) is 8.26. The van der Waals surface area contributed by atoms with Crippen LogP contribution in [0.5, 0.6) is 0 Å². The van der Waals surface area contributed by atoms with E-state index in [1.807, 2.05) is 0 Å². The number of para-hydroxylation sites is 1. The van der Waals surface area contributed by atoms with Crippen LogP contribution in [-0.2, 0) is 0 Å². The lowest BCUT2D eigenvalue weighted by Gasteiger charge is -2.10. The minimum absolute atomic E-state index is 0.318. The third kappa shape index (κ3) is 3.79. The van der Waals surface area contributed by atoms with Crippen molar-refractivity contribution < 1.29 is 9.59 Å². The smallest absolute Gasteiger partial charge is 0.259 e. The molecule has 0 saturated heterocycles. The Morgan fingerprint density at radius 2 is 1.71 bits per heavy atom. The number of nitrogens with one attached hydrogen (secondary N) is 2. The summed E-state index contributed by atoms with van der Waals surface area (Å²) in [4.78, 5) is 28.7. The minimum atomic E-state index is -0.336. The predicted molar refractivity (Wildman–Crippen MR) is 95.9 cm³/mol. The second kappa shape index (κ2) is 7.25. The molecule has 1 aromatic heterocycles. The maximum absolute atomic E-state index is 12.4. The monoisotopic (exact) mass is 357 g/mol. The van der Waals surface area contributed by atoms with E-state index in [1.165, 1.54) is 11.3 Å². The molecular formula is C17H12ClN3O2S. The number of halogens is 1. The molecular weight excluding hydrogens is 346 g/mol. The lowest BCUT2D eigenvalue weighted by Crippen LogP contribution is -2.18. The Morgan fingerprint density at radius 3 is 2.42 bits per heavy atom. The number of thiazole rings is 1. The van der Waals surface area contributed by atoms with Gasteiger partial charge in [0.25, 0.3) is 11.8 Å². The molecule has 0 saturated carbocycles. The second-order valence-electron chi connectivity index (χ2n) is 4.80. The zero-order valence-electron chi connectivity index (χ0n) is 12.3. The summed E-state index contributed by atoms with van der Waals surface area (Å²) in [5.74, 6) is -0.655. The average molecular weight is 358 g/mol. The molecule has 3 aromatic rings. The summed E-state index contributed by atoms with van der Waals surface area (Å²) >= 11 is 7.14. The highest BCUT2D eigenvalue weighted by atomic mass is 35.5. The van der Waals surface area contributed by atoms with E-state index in [2.05, 4.69) is 15.6 Å². The Morgan fingerprint density at radius 1 is 0.958 bits per heavy atom. The average Bonchev–Trinajstić information content (AvgIpc) is 3.09. The van der Waals surface area contributed by atoms with Gasteiger partial charge in [-0.15, -0.1) is 11.3 Å². The van der Waals surface area contributed by atoms with E-state index in [0.717, 1.165) is 0 Å². The molecule has 5 nitrogen and oxygen atoms in total. The summed E-state index contributed by atoms with van der Waals surface area (Å²) in [5.41, 5.74) is 1.23. The van der Waals surface area contributed by atoms with Crippen LogP contribution in [0.25, 0.3) is 0 Å². The Kier molecular flexibility index (Phi) is 4.88. The van der Waals surface area contributed by atoms with Crippen molar-refractivity contribution in [3.05, 3.63) is 76.3 Å². The number of anilines is 2. The molecule has 0 aliphatic carbocycles. The van der Waals surface area contributed by atoms with Gasteiger partial charge in [0.15, 0.2) is 5.13 Å². The first-order valence-electron chi connectivity index (χ1n) is 7.00. The van der Waals surface area contributed by atoms with Crippen LogP contribution in [0.2, 0.25) is 5.02 Å². The van der Waals surface area contributed by atoms with Crippen LogP contribution in [-0.4, -0.2) is 16.8 Å². The molecule has 120 valence electrons. The van der Waals surface area contributed by atoms with Crippen molar-refractivity contribution in [1.82, 2.24) is 4.98 Å². The Labute approximate surface area is 147 Å². The van der Waals surface area contributed by atoms with Crippen LogP contribution in [0.3, 0.4) is 0 Å². The molecule has 2 N–H and O–H groups in total. The molecule has 0 atom stereocenters. The van der Waals surface area contributed by atoms with E-state index < -0.39 is 0 Å². The maximum atomic E-state index is 12.4. The summed E-state index contributed by atoms with van der Waals surface area (Å²) in [7, 11) is 0. The lowest BCUT2D eigenvalue weighted by atomic mass is 10.1. The molecule has 0 spiro atoms. The van der Waals surface area contributed by atoms with Crippen LogP contribution in [0.1, 0.15) is 20.7 Å². The van der Waals surface area contributed by atoms with Gasteiger partial charge in [0.1, 0.15) is 0 Å². The Hall–Kier alpha value is -2.70. The number of carbonyl (C=O) groups is 2. The first-order chi connectivity index (χ1) is 11.6. The van der Waals surface area contributed by atoms with Crippen molar-refractivity contribution in [3.63, 3.8) is 0 Å². The van der Waals surface area contributed by atoms with Crippen molar-refractivity contribution in [2.75, 3.05) is 10.6 Å². The van der Waals surface area contributed by atoms with Crippen molar-refractivity contribution in [2.24, 2.45) is 0 Å². The minimum Gasteiger partial charge on any atom is -0.321 e. The van der Waals surface area contributed by atoms with E-state index in [4.69, 9.17) is 11.6 Å². The predicted octanol–water partition coefficient (Wildman–Crippen LogP) is 4.30. The summed E-state index contributed by atoms with van der Waals surface area (Å²) in [6.45, 7) is 0. The molecule has 2 aromatic carbocycles. The van der Waals surface area contributed by atoms with Crippen LogP contribution in [0, 0.1) is 0 Å². The van der Waals surface area contributed by atoms with Crippen molar-refractivity contribution in [1.29, 1.82) is 0 Å². The quantitative estimate of drug-likeness (QED) is 0.731. The van der Waals surface area contributed by atoms with E-state index in [-0.39, 0.29) is 11.8 Å². The highest BCUT2D eigenvalue weighted by molar-refractivity contribution is 7.13. The third-order valence-corrected chi connectivity index (χ3v) is 4.12. The van der Waals surface area contributed by atoms with Crippen LogP contribution < -0.4 is 10.6 Å². The largest absolute Gasteiger partial charge is 0.321 e. The van der Waals surface area contributed by atoms with Gasteiger partial charge < -0.3 is 5.32 Å². The van der Waals surface area contributed by atoms with Gasteiger partial charge in [-0.1, -0.05) is 23.7 Å². The van der Waals surface area contributed by atoms with Gasteiger partial charge in [-0.25, -0.2) is 4.98 Å². The van der Waals surface area contributed by atoms with Crippen molar-refractivity contribution >= 4 is 45.6 Å². The van der Waals surface area contributed by atoms with E-state index >= 15 is 0 Å². The van der Waals surface area contributed by atoms with Crippen LogP contribution >= 0.6 is 22.9 Å². The number of amides is 2. The lowest BCUT2D eigenvalue weighted by molar-refractivity contribution is 0.102. The highest BCUT2D eigenvalue weighted by Crippen LogP contribution is 2.19. The molecule has 24 heavy (non-hydrogen) atoms. The molecule has 0 unspecified atom stereocenters. The van der Waals surface area contributed by atoms with Gasteiger partial charge in [0.2, 0.25) is 0 Å². The number of nitrogens with zero attached hydrogens (tertiary/aromatic N) is 1. The summed E-state index contributed by atoms with van der Waals surface area (Å²) in [6.07, 6.45) is 1.61. The number of hydrogen-bond acceptors (Lipinski definition) is 4.